The molecule has 2 heterocycles. The Morgan fingerprint density at radius 1 is 1.25 bits per heavy atom. The van der Waals surface area contributed by atoms with Crippen molar-refractivity contribution in [2.24, 2.45) is 11.8 Å². The number of fused-ring (bicyclic) bond motifs is 1. The Bertz CT molecular complexity index is 370. The van der Waals surface area contributed by atoms with E-state index in [1.807, 2.05) is 6.20 Å². The van der Waals surface area contributed by atoms with Gasteiger partial charge < -0.3 is 9.64 Å². The maximum Gasteiger partial charge on any atom is 0.233 e. The van der Waals surface area contributed by atoms with Crippen molar-refractivity contribution in [2.45, 2.75) is 19.3 Å². The van der Waals surface area contributed by atoms with Crippen LogP contribution in [0.1, 0.15) is 19.3 Å². The van der Waals surface area contributed by atoms with Crippen molar-refractivity contribution in [2.75, 3.05) is 25.1 Å². The molecule has 0 N–H and O–H groups in total. The van der Waals surface area contributed by atoms with Crippen LogP contribution in [0.3, 0.4) is 0 Å². The SMILES string of the molecule is COc1cncc(N2CC3CCCC3C2)n1. The van der Waals surface area contributed by atoms with E-state index in [-0.39, 0.29) is 0 Å². The van der Waals surface area contributed by atoms with Crippen molar-refractivity contribution in [3.05, 3.63) is 12.4 Å². The average molecular weight is 219 g/mol. The third kappa shape index (κ3) is 1.62. The third-order valence-corrected chi connectivity index (χ3v) is 3.86. The van der Waals surface area contributed by atoms with Crippen LogP contribution in [0.15, 0.2) is 12.4 Å². The topological polar surface area (TPSA) is 38.2 Å². The summed E-state index contributed by atoms with van der Waals surface area (Å²) in [6.45, 7) is 2.29. The molecule has 0 aromatic carbocycles. The van der Waals surface area contributed by atoms with Crippen LogP contribution in [0, 0.1) is 11.8 Å². The average Bonchev–Trinajstić information content (AvgIpc) is 2.89. The Balaban J connectivity index is 1.78. The van der Waals surface area contributed by atoms with E-state index in [1.54, 1.807) is 13.3 Å². The van der Waals surface area contributed by atoms with Crippen LogP contribution in [-0.4, -0.2) is 30.2 Å². The number of nitrogens with zero attached hydrogens (tertiary/aromatic N) is 3. The molecule has 0 spiro atoms. The van der Waals surface area contributed by atoms with Gasteiger partial charge in [0.15, 0.2) is 5.82 Å². The molecule has 1 saturated carbocycles. The predicted octanol–water partition coefficient (Wildman–Crippen LogP) is 1.72. The van der Waals surface area contributed by atoms with E-state index in [9.17, 15) is 0 Å². The van der Waals surface area contributed by atoms with Crippen LogP contribution in [0.25, 0.3) is 0 Å². The zero-order chi connectivity index (χ0) is 11.0. The largest absolute Gasteiger partial charge is 0.480 e. The number of aromatic nitrogens is 2. The second kappa shape index (κ2) is 3.92. The number of methoxy groups -OCH3 is 1. The molecule has 2 atom stereocenters. The van der Waals surface area contributed by atoms with Crippen molar-refractivity contribution < 1.29 is 4.74 Å². The lowest BCUT2D eigenvalue weighted by atomic mass is 10.0. The fraction of sp³-hybridized carbons (Fsp3) is 0.667. The lowest BCUT2D eigenvalue weighted by molar-refractivity contribution is 0.395. The second-order valence-electron chi connectivity index (χ2n) is 4.78. The predicted molar refractivity (Wildman–Crippen MR) is 61.6 cm³/mol. The van der Waals surface area contributed by atoms with Gasteiger partial charge in [-0.1, -0.05) is 6.42 Å². The summed E-state index contributed by atoms with van der Waals surface area (Å²) < 4.78 is 5.11. The molecule has 4 heteroatoms. The van der Waals surface area contributed by atoms with E-state index in [2.05, 4.69) is 14.9 Å². The Morgan fingerprint density at radius 2 is 2.00 bits per heavy atom. The molecular formula is C12H17N3O. The summed E-state index contributed by atoms with van der Waals surface area (Å²) in [6, 6.07) is 0. The van der Waals surface area contributed by atoms with Gasteiger partial charge in [0.2, 0.25) is 5.88 Å². The Morgan fingerprint density at radius 3 is 2.69 bits per heavy atom. The van der Waals surface area contributed by atoms with E-state index >= 15 is 0 Å². The lowest BCUT2D eigenvalue weighted by Crippen LogP contribution is -2.22. The fourth-order valence-electron chi connectivity index (χ4n) is 3.01. The van der Waals surface area contributed by atoms with Gasteiger partial charge in [0.05, 0.1) is 19.5 Å². The van der Waals surface area contributed by atoms with Gasteiger partial charge in [0.25, 0.3) is 0 Å². The van der Waals surface area contributed by atoms with Crippen molar-refractivity contribution in [1.82, 2.24) is 9.97 Å². The van der Waals surface area contributed by atoms with Crippen molar-refractivity contribution in [3.63, 3.8) is 0 Å². The zero-order valence-corrected chi connectivity index (χ0v) is 9.59. The van der Waals surface area contributed by atoms with Gasteiger partial charge in [-0.15, -0.1) is 0 Å². The van der Waals surface area contributed by atoms with Crippen LogP contribution < -0.4 is 9.64 Å². The number of hydrogen-bond acceptors (Lipinski definition) is 4. The Kier molecular flexibility index (Phi) is 2.42. The van der Waals surface area contributed by atoms with E-state index in [4.69, 9.17) is 4.74 Å². The summed E-state index contributed by atoms with van der Waals surface area (Å²) in [5.41, 5.74) is 0. The normalized spacial score (nSPS) is 28.2. The quantitative estimate of drug-likeness (QED) is 0.759. The summed E-state index contributed by atoms with van der Waals surface area (Å²) >= 11 is 0. The minimum absolute atomic E-state index is 0.606. The molecule has 1 aliphatic heterocycles. The molecule has 0 radical (unpaired) electrons. The lowest BCUT2D eigenvalue weighted by Gasteiger charge is -2.17. The van der Waals surface area contributed by atoms with Crippen LogP contribution in [-0.2, 0) is 0 Å². The third-order valence-electron chi connectivity index (χ3n) is 3.86. The van der Waals surface area contributed by atoms with Crippen LogP contribution >= 0.6 is 0 Å². The maximum absolute atomic E-state index is 5.11. The minimum atomic E-state index is 0.606. The standard InChI is InChI=1S/C12H17N3O/c1-16-12-6-13-5-11(14-12)15-7-9-3-2-4-10(9)8-15/h5-6,9-10H,2-4,7-8H2,1H3. The first-order valence-corrected chi connectivity index (χ1v) is 5.98. The Hall–Kier alpha value is -1.32. The van der Waals surface area contributed by atoms with Crippen LogP contribution in [0.5, 0.6) is 5.88 Å². The second-order valence-corrected chi connectivity index (χ2v) is 4.78. The highest BCUT2D eigenvalue weighted by Gasteiger charge is 2.36. The van der Waals surface area contributed by atoms with Gasteiger partial charge in [-0.2, -0.15) is 4.98 Å². The highest BCUT2D eigenvalue weighted by molar-refractivity contribution is 5.39. The molecule has 2 aliphatic rings. The molecule has 86 valence electrons. The monoisotopic (exact) mass is 219 g/mol. The molecule has 2 unspecified atom stereocenters. The van der Waals surface area contributed by atoms with Gasteiger partial charge >= 0.3 is 0 Å². The van der Waals surface area contributed by atoms with E-state index in [0.29, 0.717) is 5.88 Å². The first kappa shape index (κ1) is 9.87. The van der Waals surface area contributed by atoms with Gasteiger partial charge in [0.1, 0.15) is 0 Å². The van der Waals surface area contributed by atoms with Gasteiger partial charge in [0, 0.05) is 13.1 Å². The molecule has 0 amide bonds. The highest BCUT2D eigenvalue weighted by Crippen LogP contribution is 2.39. The Labute approximate surface area is 95.7 Å². The van der Waals surface area contributed by atoms with Gasteiger partial charge in [-0.3, -0.25) is 4.98 Å². The summed E-state index contributed by atoms with van der Waals surface area (Å²) in [6.07, 6.45) is 7.67. The number of rotatable bonds is 2. The maximum atomic E-state index is 5.11. The summed E-state index contributed by atoms with van der Waals surface area (Å²) in [7, 11) is 1.63. The molecule has 4 nitrogen and oxygen atoms in total. The molecule has 0 bridgehead atoms. The molecular weight excluding hydrogens is 202 g/mol. The van der Waals surface area contributed by atoms with E-state index in [0.717, 1.165) is 30.7 Å². The van der Waals surface area contributed by atoms with Gasteiger partial charge in [-0.25, -0.2) is 0 Å². The van der Waals surface area contributed by atoms with Crippen molar-refractivity contribution in [1.29, 1.82) is 0 Å². The number of hydrogen-bond donors (Lipinski definition) is 0. The van der Waals surface area contributed by atoms with E-state index in [1.165, 1.54) is 19.3 Å². The first-order valence-electron chi connectivity index (χ1n) is 5.98. The molecule has 3 rings (SSSR count). The molecule has 1 saturated heterocycles. The fourth-order valence-corrected chi connectivity index (χ4v) is 3.01. The number of anilines is 1. The van der Waals surface area contributed by atoms with Gasteiger partial charge in [-0.05, 0) is 24.7 Å². The molecule has 1 aromatic rings. The molecule has 16 heavy (non-hydrogen) atoms. The highest BCUT2D eigenvalue weighted by atomic mass is 16.5. The zero-order valence-electron chi connectivity index (χ0n) is 9.59. The summed E-state index contributed by atoms with van der Waals surface area (Å²) in [5, 5.41) is 0. The summed E-state index contributed by atoms with van der Waals surface area (Å²) in [4.78, 5) is 11.0. The van der Waals surface area contributed by atoms with Crippen molar-refractivity contribution >= 4 is 5.82 Å². The van der Waals surface area contributed by atoms with E-state index < -0.39 is 0 Å². The van der Waals surface area contributed by atoms with Crippen LogP contribution in [0.2, 0.25) is 0 Å². The van der Waals surface area contributed by atoms with Crippen LogP contribution in [0.4, 0.5) is 5.82 Å². The summed E-state index contributed by atoms with van der Waals surface area (Å²) in [5.74, 6) is 3.34. The number of ether oxygens (including phenoxy) is 1. The first-order chi connectivity index (χ1) is 7.86. The van der Waals surface area contributed by atoms with Crippen molar-refractivity contribution in [3.8, 4) is 5.88 Å². The smallest absolute Gasteiger partial charge is 0.233 e. The molecule has 1 aliphatic carbocycles. The molecule has 1 aromatic heterocycles. The minimum Gasteiger partial charge on any atom is -0.480 e. The molecule has 2 fully saturated rings.